The van der Waals surface area contributed by atoms with E-state index in [0.29, 0.717) is 0 Å². The zero-order valence-electron chi connectivity index (χ0n) is 25.1. The Hall–Kier alpha value is -3.69. The third kappa shape index (κ3) is 14.5. The number of rotatable bonds is 0. The summed E-state index contributed by atoms with van der Waals surface area (Å²) in [4.78, 5) is 0. The summed E-state index contributed by atoms with van der Waals surface area (Å²) in [5.41, 5.74) is 4.14. The first-order chi connectivity index (χ1) is 16.8. The van der Waals surface area contributed by atoms with E-state index >= 15 is 0 Å². The van der Waals surface area contributed by atoms with Crippen LogP contribution >= 0.6 is 0 Å². The van der Waals surface area contributed by atoms with Gasteiger partial charge in [0.05, 0.1) is 29.2 Å². The first-order valence-electron chi connectivity index (χ1n) is 12.4. The number of aryl methyl sites for hydroxylation is 3. The van der Waals surface area contributed by atoms with Gasteiger partial charge in [0.2, 0.25) is 0 Å². The van der Waals surface area contributed by atoms with Gasteiger partial charge in [-0.05, 0) is 81.2 Å². The molecule has 6 nitrogen and oxygen atoms in total. The van der Waals surface area contributed by atoms with Crippen molar-refractivity contribution in [2.75, 3.05) is 0 Å². The van der Waals surface area contributed by atoms with Crippen molar-refractivity contribution < 1.29 is 0 Å². The van der Waals surface area contributed by atoms with Crippen LogP contribution in [0.15, 0.2) is 30.9 Å². The van der Waals surface area contributed by atoms with Gasteiger partial charge in [-0.1, -0.05) is 29.6 Å². The molecule has 0 atom stereocenters. The molecule has 6 heteroatoms. The van der Waals surface area contributed by atoms with E-state index in [-0.39, 0.29) is 16.2 Å². The average molecular weight is 501 g/mol. The zero-order chi connectivity index (χ0) is 28.4. The number of hydrogen-bond acceptors (Lipinski definition) is 3. The Kier molecular flexibility index (Phi) is 11.0. The van der Waals surface area contributed by atoms with Crippen LogP contribution in [0.2, 0.25) is 0 Å². The molecule has 3 aromatic heterocycles. The van der Waals surface area contributed by atoms with E-state index in [2.05, 4.69) is 113 Å². The summed E-state index contributed by atoms with van der Waals surface area (Å²) < 4.78 is 5.35. The van der Waals surface area contributed by atoms with Crippen molar-refractivity contribution in [3.63, 3.8) is 0 Å². The highest BCUT2D eigenvalue weighted by Crippen LogP contribution is 2.12. The molecule has 198 valence electrons. The van der Waals surface area contributed by atoms with Crippen molar-refractivity contribution in [2.45, 2.75) is 69.2 Å². The topological polar surface area (TPSA) is 53.5 Å². The number of hydrogen-bond donors (Lipinski definition) is 0. The SMILES string of the molecule is Cc1c(C#CC(C)(C)C)cnn1C.Cn1cc(C#CC(C)(C)C)cn1.Cn1ccc(C#CC(C)(C)C)n1. The van der Waals surface area contributed by atoms with Gasteiger partial charge in [-0.3, -0.25) is 14.0 Å². The van der Waals surface area contributed by atoms with Crippen molar-refractivity contribution in [3.05, 3.63) is 53.4 Å². The minimum atomic E-state index is 0.0531. The molecule has 3 aromatic rings. The van der Waals surface area contributed by atoms with Crippen molar-refractivity contribution in [2.24, 2.45) is 37.4 Å². The van der Waals surface area contributed by atoms with Crippen LogP contribution in [0, 0.1) is 58.7 Å². The summed E-state index contributed by atoms with van der Waals surface area (Å²) in [6.45, 7) is 20.9. The van der Waals surface area contributed by atoms with E-state index in [4.69, 9.17) is 0 Å². The second kappa shape index (κ2) is 13.0. The summed E-state index contributed by atoms with van der Waals surface area (Å²) in [6.07, 6.45) is 7.40. The summed E-state index contributed by atoms with van der Waals surface area (Å²) >= 11 is 0. The van der Waals surface area contributed by atoms with Gasteiger partial charge in [0.25, 0.3) is 0 Å². The fraction of sp³-hybridized carbons (Fsp3) is 0.516. The lowest BCUT2D eigenvalue weighted by Gasteiger charge is -2.06. The van der Waals surface area contributed by atoms with E-state index in [0.717, 1.165) is 22.5 Å². The van der Waals surface area contributed by atoms with Gasteiger partial charge < -0.3 is 0 Å². The Morgan fingerprint density at radius 2 is 1.22 bits per heavy atom. The third-order valence-electron chi connectivity index (χ3n) is 4.37. The van der Waals surface area contributed by atoms with Crippen LogP contribution in [0.1, 0.15) is 84.8 Å². The van der Waals surface area contributed by atoms with Crippen molar-refractivity contribution >= 4 is 0 Å². The van der Waals surface area contributed by atoms with Crippen molar-refractivity contribution in [1.82, 2.24) is 29.3 Å². The van der Waals surface area contributed by atoms with E-state index in [9.17, 15) is 0 Å². The van der Waals surface area contributed by atoms with E-state index in [1.807, 2.05) is 57.4 Å². The fourth-order valence-corrected chi connectivity index (χ4v) is 2.35. The quantitative estimate of drug-likeness (QED) is 0.369. The second-order valence-electron chi connectivity index (χ2n) is 12.0. The first kappa shape index (κ1) is 31.3. The predicted molar refractivity (Wildman–Crippen MR) is 153 cm³/mol. The average Bonchev–Trinajstić information content (AvgIpc) is 3.44. The lowest BCUT2D eigenvalue weighted by molar-refractivity contribution is 0.570. The Labute approximate surface area is 224 Å². The van der Waals surface area contributed by atoms with Crippen molar-refractivity contribution in [1.29, 1.82) is 0 Å². The molecule has 3 rings (SSSR count). The molecule has 0 aromatic carbocycles. The van der Waals surface area contributed by atoms with Crippen LogP contribution in [0.5, 0.6) is 0 Å². The zero-order valence-corrected chi connectivity index (χ0v) is 25.1. The van der Waals surface area contributed by atoms with Crippen LogP contribution in [0.3, 0.4) is 0 Å². The molecule has 0 aliphatic rings. The number of nitrogens with zero attached hydrogens (tertiary/aromatic N) is 6. The van der Waals surface area contributed by atoms with Gasteiger partial charge >= 0.3 is 0 Å². The van der Waals surface area contributed by atoms with Gasteiger partial charge in [0.15, 0.2) is 0 Å². The maximum Gasteiger partial charge on any atom is 0.135 e. The molecule has 0 saturated heterocycles. The molecule has 0 saturated carbocycles. The molecule has 0 radical (unpaired) electrons. The molecule has 0 aliphatic heterocycles. The van der Waals surface area contributed by atoms with Crippen LogP contribution < -0.4 is 0 Å². The van der Waals surface area contributed by atoms with Crippen LogP contribution in [-0.4, -0.2) is 29.3 Å². The Morgan fingerprint density at radius 1 is 0.676 bits per heavy atom. The third-order valence-corrected chi connectivity index (χ3v) is 4.37. The van der Waals surface area contributed by atoms with Gasteiger partial charge in [-0.2, -0.15) is 15.3 Å². The highest BCUT2D eigenvalue weighted by molar-refractivity contribution is 5.36. The molecule has 37 heavy (non-hydrogen) atoms. The van der Waals surface area contributed by atoms with Crippen LogP contribution in [0.4, 0.5) is 0 Å². The molecule has 0 fully saturated rings. The minimum Gasteiger partial charge on any atom is -0.275 e. The fourth-order valence-electron chi connectivity index (χ4n) is 2.35. The van der Waals surface area contributed by atoms with Gasteiger partial charge in [0.1, 0.15) is 5.69 Å². The summed E-state index contributed by atoms with van der Waals surface area (Å²) in [5.74, 6) is 18.7. The molecule has 0 amide bonds. The second-order valence-corrected chi connectivity index (χ2v) is 12.0. The highest BCUT2D eigenvalue weighted by Gasteiger charge is 2.06. The Morgan fingerprint density at radius 3 is 1.62 bits per heavy atom. The molecule has 0 bridgehead atoms. The highest BCUT2D eigenvalue weighted by atomic mass is 15.3. The Bertz CT molecular complexity index is 1260. The minimum absolute atomic E-state index is 0.0531. The standard InChI is InChI=1S/C11H16N2.2C10H14N2/c1-9-10(8-12-13(9)5)6-7-11(2,3)4;1-10(2,3)7-5-9-6-8-12(4)11-9;1-10(2,3)6-5-9-7-11-12(4)8-9/h8H,1-5H3;6,8H,1-4H3;7-8H,1-4H3. The Balaban J connectivity index is 0.000000278. The van der Waals surface area contributed by atoms with E-state index in [1.165, 1.54) is 0 Å². The smallest absolute Gasteiger partial charge is 0.135 e. The van der Waals surface area contributed by atoms with E-state index in [1.54, 1.807) is 15.6 Å². The molecule has 0 aliphatic carbocycles. The maximum atomic E-state index is 4.16. The molecular formula is C31H44N6. The van der Waals surface area contributed by atoms with Gasteiger partial charge in [-0.15, -0.1) is 0 Å². The van der Waals surface area contributed by atoms with Gasteiger partial charge in [-0.25, -0.2) is 0 Å². The lowest BCUT2D eigenvalue weighted by Crippen LogP contribution is -1.99. The monoisotopic (exact) mass is 500 g/mol. The summed E-state index contributed by atoms with van der Waals surface area (Å²) in [7, 11) is 5.71. The number of aromatic nitrogens is 6. The molecule has 0 unspecified atom stereocenters. The summed E-state index contributed by atoms with van der Waals surface area (Å²) in [6, 6.07) is 1.92. The largest absolute Gasteiger partial charge is 0.275 e. The van der Waals surface area contributed by atoms with Crippen LogP contribution in [-0.2, 0) is 21.1 Å². The molecular weight excluding hydrogens is 456 g/mol. The van der Waals surface area contributed by atoms with Gasteiger partial charge in [0, 0.05) is 49.8 Å². The molecule has 3 heterocycles. The normalized spacial score (nSPS) is 10.7. The molecule has 0 spiro atoms. The van der Waals surface area contributed by atoms with E-state index < -0.39 is 0 Å². The van der Waals surface area contributed by atoms with Crippen molar-refractivity contribution in [3.8, 4) is 35.5 Å². The summed E-state index contributed by atoms with van der Waals surface area (Å²) in [5, 5.41) is 12.3. The first-order valence-corrected chi connectivity index (χ1v) is 12.4. The molecule has 0 N–H and O–H groups in total. The predicted octanol–water partition coefficient (Wildman–Crippen LogP) is 5.76. The lowest BCUT2D eigenvalue weighted by atomic mass is 9.97. The van der Waals surface area contributed by atoms with Crippen LogP contribution in [0.25, 0.3) is 0 Å². The maximum absolute atomic E-state index is 4.16.